The molecule has 0 aliphatic rings. The average molecular weight is 299 g/mol. The Hall–Kier alpha value is -2.18. The molecule has 21 heavy (non-hydrogen) atoms. The van der Waals surface area contributed by atoms with Crippen LogP contribution in [0.15, 0.2) is 24.4 Å². The highest BCUT2D eigenvalue weighted by Crippen LogP contribution is 2.34. The van der Waals surface area contributed by atoms with Crippen LogP contribution in [0.3, 0.4) is 0 Å². The van der Waals surface area contributed by atoms with Crippen LogP contribution < -0.4 is 5.32 Å². The average Bonchev–Trinajstić information content (AvgIpc) is 2.41. The van der Waals surface area contributed by atoms with Crippen LogP contribution in [0.2, 0.25) is 0 Å². The van der Waals surface area contributed by atoms with Crippen LogP contribution in [0.25, 0.3) is 11.3 Å². The Morgan fingerprint density at radius 1 is 1.24 bits per heavy atom. The van der Waals surface area contributed by atoms with E-state index in [1.54, 1.807) is 6.92 Å². The molecular weight excluding hydrogens is 286 g/mol. The molecule has 0 atom stereocenters. The fourth-order valence-electron chi connectivity index (χ4n) is 1.87. The molecule has 0 aliphatic heterocycles. The van der Waals surface area contributed by atoms with Crippen LogP contribution in [0.1, 0.15) is 18.1 Å². The van der Waals surface area contributed by atoms with Gasteiger partial charge in [-0.05, 0) is 37.6 Å². The van der Waals surface area contributed by atoms with Gasteiger partial charge >= 0.3 is 6.18 Å². The molecule has 0 aliphatic carbocycles. The summed E-state index contributed by atoms with van der Waals surface area (Å²) in [7, 11) is 0. The molecule has 0 saturated heterocycles. The third-order valence-electron chi connectivity index (χ3n) is 2.85. The van der Waals surface area contributed by atoms with Gasteiger partial charge in [0.1, 0.15) is 5.82 Å². The van der Waals surface area contributed by atoms with Crippen molar-refractivity contribution >= 4 is 5.95 Å². The molecule has 7 heteroatoms. The minimum absolute atomic E-state index is 0.197. The SMILES string of the molecule is CCNc1ncc(C)c(-c2ccc(F)c(C(F)(F)F)c2)n1. The summed E-state index contributed by atoms with van der Waals surface area (Å²) in [5.74, 6) is -0.985. The molecule has 3 nitrogen and oxygen atoms in total. The zero-order valence-corrected chi connectivity index (χ0v) is 11.4. The molecule has 1 N–H and O–H groups in total. The van der Waals surface area contributed by atoms with Crippen LogP contribution in [-0.4, -0.2) is 16.5 Å². The largest absolute Gasteiger partial charge is 0.419 e. The van der Waals surface area contributed by atoms with E-state index in [-0.39, 0.29) is 5.56 Å². The lowest BCUT2D eigenvalue weighted by atomic mass is 10.0. The molecule has 1 aromatic carbocycles. The summed E-state index contributed by atoms with van der Waals surface area (Å²) in [4.78, 5) is 8.20. The van der Waals surface area contributed by atoms with Crippen molar-refractivity contribution in [1.29, 1.82) is 0 Å². The standard InChI is InChI=1S/C14H13F4N3/c1-3-19-13-20-7-8(2)12(21-13)9-4-5-11(15)10(6-9)14(16,17)18/h4-7H,3H2,1-2H3,(H,19,20,21). The minimum atomic E-state index is -4.74. The van der Waals surface area contributed by atoms with Gasteiger partial charge in [0, 0.05) is 18.3 Å². The molecule has 0 bridgehead atoms. The van der Waals surface area contributed by atoms with Gasteiger partial charge in [-0.1, -0.05) is 0 Å². The first-order valence-electron chi connectivity index (χ1n) is 6.27. The van der Waals surface area contributed by atoms with Gasteiger partial charge in [-0.3, -0.25) is 0 Å². The number of benzene rings is 1. The van der Waals surface area contributed by atoms with Gasteiger partial charge in [-0.2, -0.15) is 13.2 Å². The molecule has 0 fully saturated rings. The van der Waals surface area contributed by atoms with Crippen molar-refractivity contribution in [2.45, 2.75) is 20.0 Å². The molecule has 0 unspecified atom stereocenters. The Balaban J connectivity index is 2.54. The van der Waals surface area contributed by atoms with Crippen molar-refractivity contribution in [2.75, 3.05) is 11.9 Å². The van der Waals surface area contributed by atoms with Gasteiger partial charge in [0.05, 0.1) is 11.3 Å². The summed E-state index contributed by atoms with van der Waals surface area (Å²) < 4.78 is 51.6. The Bertz CT molecular complexity index is 653. The van der Waals surface area contributed by atoms with Crippen LogP contribution in [0, 0.1) is 12.7 Å². The topological polar surface area (TPSA) is 37.8 Å². The number of hydrogen-bond acceptors (Lipinski definition) is 3. The third kappa shape index (κ3) is 3.29. The number of halogens is 4. The molecule has 0 radical (unpaired) electrons. The first-order valence-corrected chi connectivity index (χ1v) is 6.27. The van der Waals surface area contributed by atoms with Gasteiger partial charge in [-0.25, -0.2) is 14.4 Å². The van der Waals surface area contributed by atoms with E-state index in [9.17, 15) is 17.6 Å². The molecule has 2 aromatic rings. The molecule has 0 amide bonds. The predicted octanol–water partition coefficient (Wildman–Crippen LogP) is 4.04. The maximum Gasteiger partial charge on any atom is 0.419 e. The number of nitrogens with zero attached hydrogens (tertiary/aromatic N) is 2. The summed E-state index contributed by atoms with van der Waals surface area (Å²) >= 11 is 0. The number of rotatable bonds is 3. The van der Waals surface area contributed by atoms with Gasteiger partial charge in [0.2, 0.25) is 5.95 Å². The summed E-state index contributed by atoms with van der Waals surface area (Å²) in [6.07, 6.45) is -3.23. The van der Waals surface area contributed by atoms with Crippen LogP contribution >= 0.6 is 0 Å². The van der Waals surface area contributed by atoms with Crippen molar-refractivity contribution < 1.29 is 17.6 Å². The van der Waals surface area contributed by atoms with Crippen molar-refractivity contribution in [3.63, 3.8) is 0 Å². The Labute approximate surface area is 119 Å². The van der Waals surface area contributed by atoms with Crippen LogP contribution in [0.5, 0.6) is 0 Å². The van der Waals surface area contributed by atoms with E-state index < -0.39 is 17.6 Å². The van der Waals surface area contributed by atoms with Crippen LogP contribution in [-0.2, 0) is 6.18 Å². The lowest BCUT2D eigenvalue weighted by Crippen LogP contribution is -2.09. The van der Waals surface area contributed by atoms with Gasteiger partial charge in [-0.15, -0.1) is 0 Å². The molecule has 1 heterocycles. The summed E-state index contributed by atoms with van der Waals surface area (Å²) in [5.41, 5.74) is -0.159. The Morgan fingerprint density at radius 3 is 2.57 bits per heavy atom. The molecule has 0 saturated carbocycles. The molecule has 2 rings (SSSR count). The number of hydrogen-bond donors (Lipinski definition) is 1. The molecule has 1 aromatic heterocycles. The second kappa shape index (κ2) is 5.67. The van der Waals surface area contributed by atoms with E-state index >= 15 is 0 Å². The van der Waals surface area contributed by atoms with E-state index in [1.165, 1.54) is 12.3 Å². The second-order valence-corrected chi connectivity index (χ2v) is 4.45. The highest BCUT2D eigenvalue weighted by molar-refractivity contribution is 5.64. The van der Waals surface area contributed by atoms with Crippen LogP contribution in [0.4, 0.5) is 23.5 Å². The molecule has 112 valence electrons. The van der Waals surface area contributed by atoms with E-state index in [2.05, 4.69) is 15.3 Å². The number of aromatic nitrogens is 2. The smallest absolute Gasteiger partial charge is 0.354 e. The number of alkyl halides is 3. The summed E-state index contributed by atoms with van der Waals surface area (Å²) in [5, 5.41) is 2.88. The first kappa shape index (κ1) is 15.2. The van der Waals surface area contributed by atoms with E-state index in [1.807, 2.05) is 6.92 Å². The fraction of sp³-hybridized carbons (Fsp3) is 0.286. The zero-order valence-electron chi connectivity index (χ0n) is 11.4. The Kier molecular flexibility index (Phi) is 4.11. The lowest BCUT2D eigenvalue weighted by Gasteiger charge is -2.12. The predicted molar refractivity (Wildman–Crippen MR) is 71.3 cm³/mol. The zero-order chi connectivity index (χ0) is 15.6. The molecular formula is C14H13F4N3. The monoisotopic (exact) mass is 299 g/mol. The number of anilines is 1. The lowest BCUT2D eigenvalue weighted by molar-refractivity contribution is -0.139. The molecule has 0 spiro atoms. The first-order chi connectivity index (χ1) is 9.82. The maximum atomic E-state index is 13.3. The van der Waals surface area contributed by atoms with Crippen molar-refractivity contribution in [2.24, 2.45) is 0 Å². The van der Waals surface area contributed by atoms with E-state index in [4.69, 9.17) is 0 Å². The van der Waals surface area contributed by atoms with E-state index in [0.717, 1.165) is 12.1 Å². The minimum Gasteiger partial charge on any atom is -0.354 e. The summed E-state index contributed by atoms with van der Waals surface area (Å²) in [6, 6.07) is 2.84. The number of nitrogens with one attached hydrogen (secondary N) is 1. The fourth-order valence-corrected chi connectivity index (χ4v) is 1.87. The third-order valence-corrected chi connectivity index (χ3v) is 2.85. The van der Waals surface area contributed by atoms with Gasteiger partial charge in [0.15, 0.2) is 0 Å². The quantitative estimate of drug-likeness (QED) is 0.869. The highest BCUT2D eigenvalue weighted by Gasteiger charge is 2.34. The van der Waals surface area contributed by atoms with Gasteiger partial charge < -0.3 is 5.32 Å². The van der Waals surface area contributed by atoms with Crippen molar-refractivity contribution in [3.05, 3.63) is 41.3 Å². The van der Waals surface area contributed by atoms with Gasteiger partial charge in [0.25, 0.3) is 0 Å². The number of aryl methyl sites for hydroxylation is 1. The highest BCUT2D eigenvalue weighted by atomic mass is 19.4. The normalized spacial score (nSPS) is 11.5. The van der Waals surface area contributed by atoms with E-state index in [0.29, 0.717) is 23.8 Å². The Morgan fingerprint density at radius 2 is 1.95 bits per heavy atom. The summed E-state index contributed by atoms with van der Waals surface area (Å²) in [6.45, 7) is 4.12. The van der Waals surface area contributed by atoms with Crippen molar-refractivity contribution in [3.8, 4) is 11.3 Å². The van der Waals surface area contributed by atoms with Crippen molar-refractivity contribution in [1.82, 2.24) is 9.97 Å². The second-order valence-electron chi connectivity index (χ2n) is 4.45. The maximum absolute atomic E-state index is 13.3.